The lowest BCUT2D eigenvalue weighted by Crippen LogP contribution is -2.41. The van der Waals surface area contributed by atoms with E-state index in [-0.39, 0.29) is 0 Å². The summed E-state index contributed by atoms with van der Waals surface area (Å²) in [6, 6.07) is 11.5. The molecule has 0 fully saturated rings. The average Bonchev–Trinajstić information content (AvgIpc) is 2.44. The van der Waals surface area contributed by atoms with Gasteiger partial charge in [-0.25, -0.2) is 4.98 Å². The number of hydrogen-bond acceptors (Lipinski definition) is 4. The molecule has 0 radical (unpaired) electrons. The van der Waals surface area contributed by atoms with Gasteiger partial charge < -0.3 is 10.5 Å². The van der Waals surface area contributed by atoms with E-state index in [1.54, 1.807) is 6.07 Å². The fraction of sp³-hybridized carbons (Fsp3) is 0.333. The van der Waals surface area contributed by atoms with E-state index in [9.17, 15) is 0 Å². The monoisotopic (exact) mass is 255 g/mol. The molecule has 1 aromatic heterocycles. The summed E-state index contributed by atoms with van der Waals surface area (Å²) in [6.07, 6.45) is 0.794. The van der Waals surface area contributed by atoms with Gasteiger partial charge in [-0.3, -0.25) is 0 Å². The summed E-state index contributed by atoms with van der Waals surface area (Å²) >= 11 is 0. The molecule has 0 saturated heterocycles. The fourth-order valence-corrected chi connectivity index (χ4v) is 1.62. The van der Waals surface area contributed by atoms with Crippen LogP contribution in [0.2, 0.25) is 0 Å². The summed E-state index contributed by atoms with van der Waals surface area (Å²) in [7, 11) is 0. The average molecular weight is 255 g/mol. The van der Waals surface area contributed by atoms with E-state index < -0.39 is 5.54 Å². The first kappa shape index (κ1) is 13.3. The van der Waals surface area contributed by atoms with Crippen molar-refractivity contribution in [3.8, 4) is 11.9 Å². The van der Waals surface area contributed by atoms with Gasteiger partial charge in [0.05, 0.1) is 5.52 Å². The van der Waals surface area contributed by atoms with Crippen molar-refractivity contribution < 1.29 is 4.74 Å². The van der Waals surface area contributed by atoms with Gasteiger partial charge in [-0.15, -0.1) is 0 Å². The molecule has 1 aromatic carbocycles. The van der Waals surface area contributed by atoms with Gasteiger partial charge in [0, 0.05) is 10.9 Å². The van der Waals surface area contributed by atoms with Gasteiger partial charge in [0.15, 0.2) is 0 Å². The van der Waals surface area contributed by atoms with Crippen LogP contribution in [0.1, 0.15) is 25.8 Å². The molecule has 1 unspecified atom stereocenters. The quantitative estimate of drug-likeness (QED) is 0.911. The Morgan fingerprint density at radius 3 is 2.84 bits per heavy atom. The molecule has 0 saturated carbocycles. The minimum absolute atomic E-state index is 0.337. The lowest BCUT2D eigenvalue weighted by molar-refractivity contribution is 0.219. The highest BCUT2D eigenvalue weighted by Gasteiger charge is 2.18. The standard InChI is InChI=1S/C15H17N3O/c1-3-15(2,17)10-19-14-12(9-16)8-11-6-4-5-7-13(11)18-14/h4-8H,3,10,17H2,1-2H3. The van der Waals surface area contributed by atoms with Crippen LogP contribution in [0.5, 0.6) is 5.88 Å². The molecule has 1 heterocycles. The number of nitrogens with two attached hydrogens (primary N) is 1. The van der Waals surface area contributed by atoms with Crippen LogP contribution in [0.25, 0.3) is 10.9 Å². The fourth-order valence-electron chi connectivity index (χ4n) is 1.62. The van der Waals surface area contributed by atoms with Gasteiger partial charge in [-0.1, -0.05) is 25.1 Å². The van der Waals surface area contributed by atoms with E-state index in [4.69, 9.17) is 15.7 Å². The Hall–Kier alpha value is -2.12. The van der Waals surface area contributed by atoms with Gasteiger partial charge in [0.1, 0.15) is 18.2 Å². The van der Waals surface area contributed by atoms with Crippen molar-refractivity contribution in [3.05, 3.63) is 35.9 Å². The number of rotatable bonds is 4. The Morgan fingerprint density at radius 2 is 2.16 bits per heavy atom. The molecule has 2 rings (SSSR count). The van der Waals surface area contributed by atoms with Gasteiger partial charge in [-0.2, -0.15) is 5.26 Å². The summed E-state index contributed by atoms with van der Waals surface area (Å²) in [5, 5.41) is 10.1. The summed E-state index contributed by atoms with van der Waals surface area (Å²) in [6.45, 7) is 4.26. The first-order chi connectivity index (χ1) is 9.05. The molecule has 2 N–H and O–H groups in total. The predicted octanol–water partition coefficient (Wildman–Crippen LogP) is 2.61. The largest absolute Gasteiger partial charge is 0.475 e. The minimum atomic E-state index is -0.417. The van der Waals surface area contributed by atoms with Crippen molar-refractivity contribution in [1.82, 2.24) is 4.98 Å². The Labute approximate surface area is 112 Å². The second-order valence-corrected chi connectivity index (χ2v) is 4.94. The van der Waals surface area contributed by atoms with Crippen LogP contribution in [-0.4, -0.2) is 17.1 Å². The SMILES string of the molecule is CCC(C)(N)COc1nc2ccccc2cc1C#N. The smallest absolute Gasteiger partial charge is 0.232 e. The molecule has 19 heavy (non-hydrogen) atoms. The van der Waals surface area contributed by atoms with Gasteiger partial charge in [0.2, 0.25) is 5.88 Å². The number of aromatic nitrogens is 1. The van der Waals surface area contributed by atoms with Crippen molar-refractivity contribution in [3.63, 3.8) is 0 Å². The highest BCUT2D eigenvalue weighted by molar-refractivity contribution is 5.80. The lowest BCUT2D eigenvalue weighted by Gasteiger charge is -2.22. The Morgan fingerprint density at radius 1 is 1.42 bits per heavy atom. The second-order valence-electron chi connectivity index (χ2n) is 4.94. The maximum atomic E-state index is 9.16. The molecule has 0 bridgehead atoms. The highest BCUT2D eigenvalue weighted by Crippen LogP contribution is 2.22. The number of benzene rings is 1. The zero-order valence-electron chi connectivity index (χ0n) is 11.2. The van der Waals surface area contributed by atoms with Crippen LogP contribution in [0.4, 0.5) is 0 Å². The zero-order chi connectivity index (χ0) is 13.9. The number of nitriles is 1. The molecule has 0 aliphatic carbocycles. The van der Waals surface area contributed by atoms with E-state index in [2.05, 4.69) is 11.1 Å². The van der Waals surface area contributed by atoms with E-state index in [1.165, 1.54) is 0 Å². The molecule has 98 valence electrons. The van der Waals surface area contributed by atoms with Crippen LogP contribution in [0.3, 0.4) is 0 Å². The third-order valence-electron chi connectivity index (χ3n) is 3.16. The summed E-state index contributed by atoms with van der Waals surface area (Å²) in [5.41, 5.74) is 6.86. The molecule has 1 atom stereocenters. The summed E-state index contributed by atoms with van der Waals surface area (Å²) in [5.74, 6) is 0.353. The number of fused-ring (bicyclic) bond motifs is 1. The Bertz CT molecular complexity index is 629. The maximum Gasteiger partial charge on any atom is 0.232 e. The maximum absolute atomic E-state index is 9.16. The number of para-hydroxylation sites is 1. The minimum Gasteiger partial charge on any atom is -0.475 e. The van der Waals surface area contributed by atoms with Gasteiger partial charge in [-0.05, 0) is 25.5 Å². The van der Waals surface area contributed by atoms with E-state index in [0.29, 0.717) is 18.1 Å². The molecule has 4 heteroatoms. The highest BCUT2D eigenvalue weighted by atomic mass is 16.5. The second kappa shape index (κ2) is 5.25. The molecule has 0 amide bonds. The third kappa shape index (κ3) is 3.01. The first-order valence-electron chi connectivity index (χ1n) is 6.27. The number of pyridine rings is 1. The third-order valence-corrected chi connectivity index (χ3v) is 3.16. The van der Waals surface area contributed by atoms with Crippen LogP contribution in [0.15, 0.2) is 30.3 Å². The van der Waals surface area contributed by atoms with Crippen LogP contribution < -0.4 is 10.5 Å². The van der Waals surface area contributed by atoms with E-state index in [1.807, 2.05) is 38.1 Å². The van der Waals surface area contributed by atoms with Crippen molar-refractivity contribution in [2.75, 3.05) is 6.61 Å². The van der Waals surface area contributed by atoms with Gasteiger partial charge >= 0.3 is 0 Å². The number of nitrogens with zero attached hydrogens (tertiary/aromatic N) is 2. The molecular weight excluding hydrogens is 238 g/mol. The van der Waals surface area contributed by atoms with Crippen molar-refractivity contribution in [2.45, 2.75) is 25.8 Å². The molecule has 0 spiro atoms. The molecular formula is C15H17N3O. The summed E-state index contributed by atoms with van der Waals surface area (Å²) < 4.78 is 5.63. The number of hydrogen-bond donors (Lipinski definition) is 1. The molecule has 4 nitrogen and oxygen atoms in total. The Kier molecular flexibility index (Phi) is 3.68. The van der Waals surface area contributed by atoms with E-state index >= 15 is 0 Å². The van der Waals surface area contributed by atoms with E-state index in [0.717, 1.165) is 17.3 Å². The predicted molar refractivity (Wildman–Crippen MR) is 74.8 cm³/mol. The Balaban J connectivity index is 2.34. The molecule has 2 aromatic rings. The van der Waals surface area contributed by atoms with Crippen LogP contribution in [-0.2, 0) is 0 Å². The normalized spacial score (nSPS) is 13.8. The zero-order valence-corrected chi connectivity index (χ0v) is 11.2. The van der Waals surface area contributed by atoms with Crippen molar-refractivity contribution in [1.29, 1.82) is 5.26 Å². The first-order valence-corrected chi connectivity index (χ1v) is 6.27. The summed E-state index contributed by atoms with van der Waals surface area (Å²) in [4.78, 5) is 4.38. The topological polar surface area (TPSA) is 71.9 Å². The van der Waals surface area contributed by atoms with Crippen molar-refractivity contribution in [2.24, 2.45) is 5.73 Å². The lowest BCUT2D eigenvalue weighted by atomic mass is 10.0. The van der Waals surface area contributed by atoms with Gasteiger partial charge in [0.25, 0.3) is 0 Å². The molecule has 0 aliphatic rings. The number of ether oxygens (including phenoxy) is 1. The van der Waals surface area contributed by atoms with Crippen LogP contribution in [0, 0.1) is 11.3 Å². The molecule has 0 aliphatic heterocycles. The van der Waals surface area contributed by atoms with Crippen molar-refractivity contribution >= 4 is 10.9 Å². The van der Waals surface area contributed by atoms with Crippen LogP contribution >= 0.6 is 0 Å².